The molecule has 136 valence electrons. The third-order valence-electron chi connectivity index (χ3n) is 3.69. The maximum Gasteiger partial charge on any atom is 0.336 e. The van der Waals surface area contributed by atoms with E-state index in [2.05, 4.69) is 10.9 Å². The van der Waals surface area contributed by atoms with Crippen molar-refractivity contribution in [2.75, 3.05) is 27.0 Å². The van der Waals surface area contributed by atoms with E-state index in [1.54, 1.807) is 39.1 Å². The summed E-state index contributed by atoms with van der Waals surface area (Å²) in [7, 11) is 1.63. The maximum atomic E-state index is 12.5. The number of nitrogens with zero attached hydrogens (tertiary/aromatic N) is 1. The first-order chi connectivity index (χ1) is 12.0. The summed E-state index contributed by atoms with van der Waals surface area (Å²) in [5, 5.41) is 11.2. The highest BCUT2D eigenvalue weighted by Crippen LogP contribution is 2.37. The van der Waals surface area contributed by atoms with E-state index < -0.39 is 23.4 Å². The molecule has 0 aliphatic carbocycles. The zero-order chi connectivity index (χ0) is 18.4. The van der Waals surface area contributed by atoms with Crippen LogP contribution in [0.4, 0.5) is 0 Å². The quantitative estimate of drug-likeness (QED) is 0.312. The molecule has 1 aliphatic heterocycles. The van der Waals surface area contributed by atoms with Gasteiger partial charge in [-0.1, -0.05) is 6.07 Å². The molecule has 1 aromatic carbocycles. The average Bonchev–Trinajstić information content (AvgIpc) is 3.02. The van der Waals surface area contributed by atoms with E-state index in [0.29, 0.717) is 22.8 Å². The zero-order valence-corrected chi connectivity index (χ0v) is 14.3. The second-order valence-corrected chi connectivity index (χ2v) is 5.31. The van der Waals surface area contributed by atoms with Crippen LogP contribution < -0.4 is 20.3 Å². The van der Waals surface area contributed by atoms with Gasteiger partial charge in [0.05, 0.1) is 18.1 Å². The van der Waals surface area contributed by atoms with Gasteiger partial charge in [-0.05, 0) is 31.5 Å². The molecule has 25 heavy (non-hydrogen) atoms. The minimum Gasteiger partial charge on any atom is -0.463 e. The third kappa shape index (κ3) is 4.38. The molecule has 0 aromatic heterocycles. The molecule has 0 fully saturated rings. The fourth-order valence-corrected chi connectivity index (χ4v) is 2.66. The Morgan fingerprint density at radius 3 is 2.76 bits per heavy atom. The van der Waals surface area contributed by atoms with Gasteiger partial charge in [-0.2, -0.15) is 0 Å². The molecule has 0 bridgehead atoms. The largest absolute Gasteiger partial charge is 0.463 e. The van der Waals surface area contributed by atoms with Gasteiger partial charge in [0.15, 0.2) is 11.5 Å². The Morgan fingerprint density at radius 1 is 1.40 bits per heavy atom. The van der Waals surface area contributed by atoms with Gasteiger partial charge in [0.2, 0.25) is 13.3 Å². The van der Waals surface area contributed by atoms with Crippen LogP contribution in [0.1, 0.15) is 25.3 Å². The Bertz CT molecular complexity index is 688. The van der Waals surface area contributed by atoms with Crippen molar-refractivity contribution in [2.24, 2.45) is 0 Å². The Labute approximate surface area is 145 Å². The standard InChI is InChI=1S/C16H21N3O6/c1-4-23-16(20)15(10(2)18-17-3)12(8-19(21)22)11-5-6-13-14(7-11)25-9-24-13/h5-7,12,17-18H,4,8-9H2,1-3H3/b15-10-. The van der Waals surface area contributed by atoms with Crippen LogP contribution in [0.5, 0.6) is 11.5 Å². The summed E-state index contributed by atoms with van der Waals surface area (Å²) in [6.45, 7) is 3.14. The van der Waals surface area contributed by atoms with E-state index in [9.17, 15) is 14.9 Å². The fourth-order valence-electron chi connectivity index (χ4n) is 2.66. The molecular weight excluding hydrogens is 330 g/mol. The number of fused-ring (bicyclic) bond motifs is 1. The number of nitrogens with one attached hydrogen (secondary N) is 2. The average molecular weight is 351 g/mol. The van der Waals surface area contributed by atoms with Crippen LogP contribution in [0.3, 0.4) is 0 Å². The summed E-state index contributed by atoms with van der Waals surface area (Å²) < 4.78 is 15.7. The minimum atomic E-state index is -0.801. The van der Waals surface area contributed by atoms with E-state index in [1.165, 1.54) is 0 Å². The highest BCUT2D eigenvalue weighted by Gasteiger charge is 2.31. The predicted octanol–water partition coefficient (Wildman–Crippen LogP) is 1.34. The van der Waals surface area contributed by atoms with Crippen molar-refractivity contribution < 1.29 is 23.9 Å². The van der Waals surface area contributed by atoms with Crippen LogP contribution in [-0.4, -0.2) is 37.9 Å². The Hall–Kier alpha value is -2.81. The SMILES string of the molecule is CCOC(=O)/C(=C(/C)NNC)C(C[N+](=O)[O-])c1ccc2c(c1)OCO2. The van der Waals surface area contributed by atoms with Gasteiger partial charge in [-0.15, -0.1) is 0 Å². The van der Waals surface area contributed by atoms with Crippen molar-refractivity contribution in [3.05, 3.63) is 45.1 Å². The number of carbonyl (C=O) groups is 1. The molecular formula is C16H21N3O6. The molecule has 0 amide bonds. The lowest BCUT2D eigenvalue weighted by Crippen LogP contribution is -2.31. The molecule has 1 aromatic rings. The topological polar surface area (TPSA) is 112 Å². The van der Waals surface area contributed by atoms with Gasteiger partial charge in [0, 0.05) is 17.7 Å². The van der Waals surface area contributed by atoms with Crippen LogP contribution >= 0.6 is 0 Å². The lowest BCUT2D eigenvalue weighted by atomic mass is 9.89. The second-order valence-electron chi connectivity index (χ2n) is 5.31. The first-order valence-electron chi connectivity index (χ1n) is 7.79. The number of ether oxygens (including phenoxy) is 3. The number of allylic oxidation sites excluding steroid dienone is 1. The molecule has 1 heterocycles. The zero-order valence-electron chi connectivity index (χ0n) is 14.3. The number of carbonyl (C=O) groups excluding carboxylic acids is 1. The van der Waals surface area contributed by atoms with Gasteiger partial charge in [0.25, 0.3) is 0 Å². The minimum absolute atomic E-state index is 0.0968. The van der Waals surface area contributed by atoms with E-state index in [-0.39, 0.29) is 19.0 Å². The number of rotatable bonds is 8. The summed E-state index contributed by atoms with van der Waals surface area (Å²) >= 11 is 0. The number of hydrazine groups is 1. The predicted molar refractivity (Wildman–Crippen MR) is 88.7 cm³/mol. The molecule has 9 nitrogen and oxygen atoms in total. The number of nitro groups is 1. The first-order valence-corrected chi connectivity index (χ1v) is 7.79. The van der Waals surface area contributed by atoms with Crippen molar-refractivity contribution in [1.29, 1.82) is 0 Å². The molecule has 9 heteroatoms. The summed E-state index contributed by atoms with van der Waals surface area (Å²) in [6.07, 6.45) is 0. The fraction of sp³-hybridized carbons (Fsp3) is 0.438. The van der Waals surface area contributed by atoms with Crippen molar-refractivity contribution in [3.8, 4) is 11.5 Å². The van der Waals surface area contributed by atoms with Gasteiger partial charge in [0.1, 0.15) is 0 Å². The normalized spacial score (nSPS) is 14.5. The number of benzene rings is 1. The summed E-state index contributed by atoms with van der Waals surface area (Å²) in [5.41, 5.74) is 6.73. The molecule has 1 atom stereocenters. The number of hydrogen-bond acceptors (Lipinski definition) is 8. The van der Waals surface area contributed by atoms with Gasteiger partial charge in [-0.25, -0.2) is 10.2 Å². The van der Waals surface area contributed by atoms with Crippen LogP contribution in [0.25, 0.3) is 0 Å². The number of esters is 1. The lowest BCUT2D eigenvalue weighted by molar-refractivity contribution is -0.481. The Morgan fingerprint density at radius 2 is 2.12 bits per heavy atom. The molecule has 0 radical (unpaired) electrons. The van der Waals surface area contributed by atoms with Crippen LogP contribution in [0, 0.1) is 10.1 Å². The summed E-state index contributed by atoms with van der Waals surface area (Å²) in [5.74, 6) is -0.347. The smallest absolute Gasteiger partial charge is 0.336 e. The van der Waals surface area contributed by atoms with E-state index in [0.717, 1.165) is 0 Å². The van der Waals surface area contributed by atoms with Crippen LogP contribution in [-0.2, 0) is 9.53 Å². The summed E-state index contributed by atoms with van der Waals surface area (Å²) in [6, 6.07) is 5.02. The Kier molecular flexibility index (Phi) is 6.18. The molecule has 0 saturated heterocycles. The Balaban J connectivity index is 2.50. The van der Waals surface area contributed by atoms with Gasteiger partial charge < -0.3 is 19.6 Å². The van der Waals surface area contributed by atoms with E-state index >= 15 is 0 Å². The molecule has 2 rings (SSSR count). The monoisotopic (exact) mass is 351 g/mol. The van der Waals surface area contributed by atoms with Crippen molar-refractivity contribution in [1.82, 2.24) is 10.9 Å². The van der Waals surface area contributed by atoms with Crippen molar-refractivity contribution >= 4 is 5.97 Å². The molecule has 0 saturated carbocycles. The van der Waals surface area contributed by atoms with E-state index in [4.69, 9.17) is 14.2 Å². The van der Waals surface area contributed by atoms with Crippen molar-refractivity contribution in [3.63, 3.8) is 0 Å². The van der Waals surface area contributed by atoms with Gasteiger partial charge in [-0.3, -0.25) is 10.1 Å². The highest BCUT2D eigenvalue weighted by molar-refractivity contribution is 5.91. The maximum absolute atomic E-state index is 12.5. The van der Waals surface area contributed by atoms with Gasteiger partial charge >= 0.3 is 5.97 Å². The van der Waals surface area contributed by atoms with Crippen LogP contribution in [0.2, 0.25) is 0 Å². The number of hydrogen-bond donors (Lipinski definition) is 2. The molecule has 1 unspecified atom stereocenters. The summed E-state index contributed by atoms with van der Waals surface area (Å²) in [4.78, 5) is 23.2. The van der Waals surface area contributed by atoms with Crippen molar-refractivity contribution in [2.45, 2.75) is 19.8 Å². The van der Waals surface area contributed by atoms with Crippen LogP contribution in [0.15, 0.2) is 29.5 Å². The third-order valence-corrected chi connectivity index (χ3v) is 3.69. The highest BCUT2D eigenvalue weighted by atomic mass is 16.7. The second kappa shape index (κ2) is 8.34. The molecule has 1 aliphatic rings. The molecule has 2 N–H and O–H groups in total. The van der Waals surface area contributed by atoms with E-state index in [1.807, 2.05) is 0 Å². The lowest BCUT2D eigenvalue weighted by Gasteiger charge is -2.20. The molecule has 0 spiro atoms. The first kappa shape index (κ1) is 18.5.